The number of hydrogen-bond acceptors (Lipinski definition) is 3. The van der Waals surface area contributed by atoms with Gasteiger partial charge < -0.3 is 15.6 Å². The Kier molecular flexibility index (Phi) is 4.76. The van der Waals surface area contributed by atoms with Crippen molar-refractivity contribution in [3.05, 3.63) is 47.5 Å². The van der Waals surface area contributed by atoms with Gasteiger partial charge in [0.2, 0.25) is 0 Å². The fraction of sp³-hybridized carbons (Fsp3) is 0.333. The first-order chi connectivity index (χ1) is 9.70. The number of aryl methyl sites for hydroxylation is 1. The van der Waals surface area contributed by atoms with E-state index in [4.69, 9.17) is 0 Å². The van der Waals surface area contributed by atoms with E-state index in [0.717, 1.165) is 23.6 Å². The van der Waals surface area contributed by atoms with Crippen molar-refractivity contribution in [3.63, 3.8) is 0 Å². The second-order valence-corrected chi connectivity index (χ2v) is 4.62. The highest BCUT2D eigenvalue weighted by atomic mass is 16.1. The first-order valence-electron chi connectivity index (χ1n) is 6.81. The fourth-order valence-corrected chi connectivity index (χ4v) is 2.02. The van der Waals surface area contributed by atoms with Crippen molar-refractivity contribution in [3.8, 4) is 0 Å². The summed E-state index contributed by atoms with van der Waals surface area (Å²) >= 11 is 0. The van der Waals surface area contributed by atoms with Crippen LogP contribution in [0.4, 0.5) is 5.69 Å². The second-order valence-electron chi connectivity index (χ2n) is 4.62. The minimum Gasteiger partial charge on any atom is -0.385 e. The number of H-pyrrole nitrogens is 1. The molecule has 20 heavy (non-hydrogen) atoms. The summed E-state index contributed by atoms with van der Waals surface area (Å²) in [7, 11) is 0. The van der Waals surface area contributed by atoms with Crippen LogP contribution in [0, 0.1) is 6.92 Å². The largest absolute Gasteiger partial charge is 0.385 e. The van der Waals surface area contributed by atoms with Gasteiger partial charge in [-0.1, -0.05) is 6.07 Å². The van der Waals surface area contributed by atoms with Crippen molar-refractivity contribution in [1.82, 2.24) is 15.3 Å². The van der Waals surface area contributed by atoms with E-state index in [0.29, 0.717) is 18.5 Å². The first-order valence-corrected chi connectivity index (χ1v) is 6.81. The van der Waals surface area contributed by atoms with Crippen molar-refractivity contribution >= 4 is 11.6 Å². The van der Waals surface area contributed by atoms with Gasteiger partial charge in [0.15, 0.2) is 0 Å². The molecule has 0 radical (unpaired) electrons. The summed E-state index contributed by atoms with van der Waals surface area (Å²) < 4.78 is 0. The Morgan fingerprint density at radius 1 is 1.40 bits per heavy atom. The molecule has 1 amide bonds. The highest BCUT2D eigenvalue weighted by Crippen LogP contribution is 2.17. The number of nitrogens with zero attached hydrogens (tertiary/aromatic N) is 1. The number of carbonyl (C=O) groups excluding carboxylic acids is 1. The quantitative estimate of drug-likeness (QED) is 0.754. The number of carbonyl (C=O) groups is 1. The molecule has 5 heteroatoms. The first kappa shape index (κ1) is 14.1. The molecule has 2 aromatic rings. The number of nitrogens with one attached hydrogen (secondary N) is 3. The summed E-state index contributed by atoms with van der Waals surface area (Å²) in [6.07, 6.45) is 4.18. The zero-order chi connectivity index (χ0) is 14.4. The molecule has 0 aliphatic heterocycles. The van der Waals surface area contributed by atoms with E-state index in [-0.39, 0.29) is 5.91 Å². The predicted molar refractivity (Wildman–Crippen MR) is 80.0 cm³/mol. The molecule has 2 rings (SSSR count). The van der Waals surface area contributed by atoms with E-state index < -0.39 is 0 Å². The molecular formula is C15H20N4O. The topological polar surface area (TPSA) is 69.8 Å². The van der Waals surface area contributed by atoms with Gasteiger partial charge >= 0.3 is 0 Å². The normalized spacial score (nSPS) is 10.3. The SMILES string of the molecule is CCNc1cc(C)ccc1C(=O)NCCc1ncc[nH]1. The van der Waals surface area contributed by atoms with Gasteiger partial charge in [-0.2, -0.15) is 0 Å². The highest BCUT2D eigenvalue weighted by Gasteiger charge is 2.10. The van der Waals surface area contributed by atoms with Gasteiger partial charge in [-0.3, -0.25) is 4.79 Å². The molecule has 0 unspecified atom stereocenters. The van der Waals surface area contributed by atoms with E-state index in [1.165, 1.54) is 0 Å². The molecule has 1 aromatic carbocycles. The molecule has 0 saturated carbocycles. The van der Waals surface area contributed by atoms with Gasteiger partial charge in [0.1, 0.15) is 5.82 Å². The Bertz CT molecular complexity index is 563. The Morgan fingerprint density at radius 2 is 2.25 bits per heavy atom. The molecule has 5 nitrogen and oxygen atoms in total. The van der Waals surface area contributed by atoms with Crippen molar-refractivity contribution in [2.45, 2.75) is 20.3 Å². The van der Waals surface area contributed by atoms with Crippen LogP contribution < -0.4 is 10.6 Å². The van der Waals surface area contributed by atoms with Crippen LogP contribution >= 0.6 is 0 Å². The Morgan fingerprint density at radius 3 is 2.95 bits per heavy atom. The number of imidazole rings is 1. The zero-order valence-corrected chi connectivity index (χ0v) is 11.9. The van der Waals surface area contributed by atoms with Gasteiger partial charge in [-0.15, -0.1) is 0 Å². The van der Waals surface area contributed by atoms with Gasteiger partial charge in [-0.25, -0.2) is 4.98 Å². The number of aromatic nitrogens is 2. The highest BCUT2D eigenvalue weighted by molar-refractivity contribution is 5.99. The van der Waals surface area contributed by atoms with Crippen LogP contribution in [0.1, 0.15) is 28.7 Å². The third kappa shape index (κ3) is 3.60. The second kappa shape index (κ2) is 6.75. The van der Waals surface area contributed by atoms with Crippen molar-refractivity contribution < 1.29 is 4.79 Å². The Hall–Kier alpha value is -2.30. The summed E-state index contributed by atoms with van der Waals surface area (Å²) in [5, 5.41) is 6.14. The average molecular weight is 272 g/mol. The number of aromatic amines is 1. The maximum Gasteiger partial charge on any atom is 0.253 e. The minimum atomic E-state index is -0.0625. The molecule has 0 fully saturated rings. The Balaban J connectivity index is 1.97. The van der Waals surface area contributed by atoms with Crippen LogP contribution in [-0.2, 0) is 6.42 Å². The van der Waals surface area contributed by atoms with Crippen molar-refractivity contribution in [2.75, 3.05) is 18.4 Å². The molecule has 3 N–H and O–H groups in total. The molecule has 1 heterocycles. The smallest absolute Gasteiger partial charge is 0.253 e. The molecule has 0 spiro atoms. The van der Waals surface area contributed by atoms with Crippen LogP contribution in [0.25, 0.3) is 0 Å². The van der Waals surface area contributed by atoms with Crippen molar-refractivity contribution in [2.24, 2.45) is 0 Å². The zero-order valence-electron chi connectivity index (χ0n) is 11.9. The van der Waals surface area contributed by atoms with Crippen LogP contribution in [0.2, 0.25) is 0 Å². The maximum absolute atomic E-state index is 12.2. The van der Waals surface area contributed by atoms with Gasteiger partial charge in [0.25, 0.3) is 5.91 Å². The van der Waals surface area contributed by atoms with Crippen LogP contribution in [0.15, 0.2) is 30.6 Å². The lowest BCUT2D eigenvalue weighted by molar-refractivity contribution is 0.0955. The standard InChI is InChI=1S/C15H20N4O/c1-3-16-13-10-11(2)4-5-12(13)15(20)19-7-6-14-17-8-9-18-14/h4-5,8-10,16H,3,6-7H2,1-2H3,(H,17,18)(H,19,20). The average Bonchev–Trinajstić information content (AvgIpc) is 2.92. The van der Waals surface area contributed by atoms with Crippen molar-refractivity contribution in [1.29, 1.82) is 0 Å². The van der Waals surface area contributed by atoms with E-state index in [9.17, 15) is 4.79 Å². The summed E-state index contributed by atoms with van der Waals surface area (Å²) in [5.41, 5.74) is 2.69. The molecule has 106 valence electrons. The summed E-state index contributed by atoms with van der Waals surface area (Å²) in [5.74, 6) is 0.814. The van der Waals surface area contributed by atoms with Crippen LogP contribution in [0.5, 0.6) is 0 Å². The molecule has 0 atom stereocenters. The number of rotatable bonds is 6. The van der Waals surface area contributed by atoms with Gasteiger partial charge in [-0.05, 0) is 31.5 Å². The molecular weight excluding hydrogens is 252 g/mol. The molecule has 0 aliphatic rings. The lowest BCUT2D eigenvalue weighted by Crippen LogP contribution is -2.26. The monoisotopic (exact) mass is 272 g/mol. The fourth-order valence-electron chi connectivity index (χ4n) is 2.02. The van der Waals surface area contributed by atoms with E-state index in [1.54, 1.807) is 12.4 Å². The number of anilines is 1. The number of amides is 1. The predicted octanol–water partition coefficient (Wildman–Crippen LogP) is 2.12. The Labute approximate surface area is 118 Å². The molecule has 0 saturated heterocycles. The van der Waals surface area contributed by atoms with Gasteiger partial charge in [0.05, 0.1) is 5.56 Å². The van der Waals surface area contributed by atoms with Gasteiger partial charge in [0, 0.05) is 37.6 Å². The van der Waals surface area contributed by atoms with E-state index in [2.05, 4.69) is 20.6 Å². The van der Waals surface area contributed by atoms with Crippen LogP contribution in [0.3, 0.4) is 0 Å². The number of hydrogen-bond donors (Lipinski definition) is 3. The molecule has 0 bridgehead atoms. The minimum absolute atomic E-state index is 0.0625. The summed E-state index contributed by atoms with van der Waals surface area (Å²) in [4.78, 5) is 19.3. The van der Waals surface area contributed by atoms with E-state index >= 15 is 0 Å². The van der Waals surface area contributed by atoms with E-state index in [1.807, 2.05) is 32.0 Å². The molecule has 1 aromatic heterocycles. The van der Waals surface area contributed by atoms with Crippen LogP contribution in [-0.4, -0.2) is 29.0 Å². The molecule has 0 aliphatic carbocycles. The lowest BCUT2D eigenvalue weighted by Gasteiger charge is -2.11. The number of benzene rings is 1. The summed E-state index contributed by atoms with van der Waals surface area (Å²) in [6, 6.07) is 5.79. The maximum atomic E-state index is 12.2. The third-order valence-corrected chi connectivity index (χ3v) is 2.99. The lowest BCUT2D eigenvalue weighted by atomic mass is 10.1. The third-order valence-electron chi connectivity index (χ3n) is 2.99. The summed E-state index contributed by atoms with van der Waals surface area (Å²) in [6.45, 7) is 5.38.